The second kappa shape index (κ2) is 3.77. The molecule has 0 unspecified atom stereocenters. The number of carbonyl (C=O) groups excluding carboxylic acids is 1. The molecule has 0 saturated carbocycles. The molecule has 0 amide bonds. The molecule has 2 aromatic rings. The minimum absolute atomic E-state index is 0.0265. The Labute approximate surface area is 95.6 Å². The van der Waals surface area contributed by atoms with Crippen LogP contribution < -0.4 is 0 Å². The van der Waals surface area contributed by atoms with Crippen LogP contribution in [0.4, 0.5) is 0 Å². The zero-order chi connectivity index (χ0) is 11.0. The summed E-state index contributed by atoms with van der Waals surface area (Å²) in [4.78, 5) is 15.5. The molecule has 1 aromatic heterocycles. The van der Waals surface area contributed by atoms with E-state index in [-0.39, 0.29) is 5.78 Å². The van der Waals surface area contributed by atoms with Crippen molar-refractivity contribution in [2.75, 3.05) is 0 Å². The van der Waals surface area contributed by atoms with Crippen molar-refractivity contribution < 1.29 is 9.21 Å². The average Bonchev–Trinajstić information content (AvgIpc) is 2.61. The lowest BCUT2D eigenvalue weighted by Crippen LogP contribution is -1.91. The molecule has 2 rings (SSSR count). The third kappa shape index (κ3) is 1.81. The first-order valence-corrected chi connectivity index (χ1v) is 5.51. The third-order valence-corrected chi connectivity index (χ3v) is 2.79. The van der Waals surface area contributed by atoms with Crippen LogP contribution in [0.15, 0.2) is 21.0 Å². The Morgan fingerprint density at radius 1 is 1.53 bits per heavy atom. The van der Waals surface area contributed by atoms with E-state index >= 15 is 0 Å². The number of oxazole rings is 1. The van der Waals surface area contributed by atoms with Gasteiger partial charge in [-0.3, -0.25) is 4.79 Å². The smallest absolute Gasteiger partial charge is 0.195 e. The summed E-state index contributed by atoms with van der Waals surface area (Å²) < 4.78 is 6.29. The highest BCUT2D eigenvalue weighted by Crippen LogP contribution is 2.27. The molecule has 0 fully saturated rings. The van der Waals surface area contributed by atoms with Gasteiger partial charge in [0.25, 0.3) is 0 Å². The first-order chi connectivity index (χ1) is 7.11. The topological polar surface area (TPSA) is 43.1 Å². The predicted octanol–water partition coefficient (Wildman–Crippen LogP) is 3.36. The third-order valence-electron chi connectivity index (χ3n) is 2.20. The van der Waals surface area contributed by atoms with E-state index in [2.05, 4.69) is 20.9 Å². The molecule has 0 N–H and O–H groups in total. The van der Waals surface area contributed by atoms with Crippen LogP contribution >= 0.6 is 15.9 Å². The van der Waals surface area contributed by atoms with E-state index in [1.165, 1.54) is 6.92 Å². The van der Waals surface area contributed by atoms with E-state index < -0.39 is 0 Å². The zero-order valence-corrected chi connectivity index (χ0v) is 10.1. The Kier molecular flexibility index (Phi) is 2.61. The SMILES string of the molecule is CCc1nc2cc(C(C)=O)cc(Br)c2o1. The van der Waals surface area contributed by atoms with E-state index in [1.807, 2.05) is 6.92 Å². The number of hydrogen-bond acceptors (Lipinski definition) is 3. The van der Waals surface area contributed by atoms with Crippen molar-refractivity contribution in [2.24, 2.45) is 0 Å². The lowest BCUT2D eigenvalue weighted by Gasteiger charge is -1.96. The van der Waals surface area contributed by atoms with Crippen molar-refractivity contribution in [3.63, 3.8) is 0 Å². The number of fused-ring (bicyclic) bond motifs is 1. The number of rotatable bonds is 2. The van der Waals surface area contributed by atoms with Crippen molar-refractivity contribution in [3.05, 3.63) is 28.1 Å². The number of halogens is 1. The van der Waals surface area contributed by atoms with Gasteiger partial charge in [0.05, 0.1) is 4.47 Å². The fourth-order valence-corrected chi connectivity index (χ4v) is 1.92. The van der Waals surface area contributed by atoms with E-state index in [0.29, 0.717) is 17.0 Å². The van der Waals surface area contributed by atoms with Crippen LogP contribution in [-0.4, -0.2) is 10.8 Å². The molecule has 1 heterocycles. The monoisotopic (exact) mass is 267 g/mol. The molecule has 3 nitrogen and oxygen atoms in total. The minimum Gasteiger partial charge on any atom is -0.440 e. The summed E-state index contributed by atoms with van der Waals surface area (Å²) in [7, 11) is 0. The van der Waals surface area contributed by atoms with Crippen molar-refractivity contribution in [3.8, 4) is 0 Å². The van der Waals surface area contributed by atoms with Crippen molar-refractivity contribution in [1.29, 1.82) is 0 Å². The summed E-state index contributed by atoms with van der Waals surface area (Å²) in [6, 6.07) is 3.51. The van der Waals surface area contributed by atoms with Gasteiger partial charge in [-0.15, -0.1) is 0 Å². The highest BCUT2D eigenvalue weighted by Gasteiger charge is 2.11. The number of ketones is 1. The molecule has 0 radical (unpaired) electrons. The first-order valence-electron chi connectivity index (χ1n) is 4.71. The first kappa shape index (κ1) is 10.4. The summed E-state index contributed by atoms with van der Waals surface area (Å²) in [6.07, 6.45) is 0.747. The van der Waals surface area contributed by atoms with Crippen molar-refractivity contribution in [2.45, 2.75) is 20.3 Å². The maximum Gasteiger partial charge on any atom is 0.195 e. The maximum absolute atomic E-state index is 11.2. The fourth-order valence-electron chi connectivity index (χ4n) is 1.39. The van der Waals surface area contributed by atoms with Crippen LogP contribution in [0.5, 0.6) is 0 Å². The Hall–Kier alpha value is -1.16. The largest absolute Gasteiger partial charge is 0.440 e. The number of hydrogen-bond donors (Lipinski definition) is 0. The second-order valence-corrected chi connectivity index (χ2v) is 4.18. The Morgan fingerprint density at radius 2 is 2.27 bits per heavy atom. The van der Waals surface area contributed by atoms with Gasteiger partial charge in [-0.1, -0.05) is 6.92 Å². The highest BCUT2D eigenvalue weighted by atomic mass is 79.9. The number of Topliss-reactive ketones (excluding diaryl/α,β-unsaturated/α-hetero) is 1. The molecule has 0 aliphatic heterocycles. The lowest BCUT2D eigenvalue weighted by molar-refractivity contribution is 0.101. The summed E-state index contributed by atoms with van der Waals surface area (Å²) in [5.41, 5.74) is 2.08. The standard InChI is InChI=1S/C11H10BrNO2/c1-3-10-13-9-5-7(6(2)14)4-8(12)11(9)15-10/h4-5H,3H2,1-2H3. The van der Waals surface area contributed by atoms with Gasteiger partial charge in [0, 0.05) is 12.0 Å². The number of aryl methyl sites for hydroxylation is 1. The molecule has 0 bridgehead atoms. The molecule has 0 saturated heterocycles. The van der Waals surface area contributed by atoms with Crippen LogP contribution in [0.25, 0.3) is 11.1 Å². The van der Waals surface area contributed by atoms with Gasteiger partial charge in [-0.25, -0.2) is 4.98 Å². The van der Waals surface area contributed by atoms with E-state index in [9.17, 15) is 4.79 Å². The van der Waals surface area contributed by atoms with Crippen LogP contribution in [0.2, 0.25) is 0 Å². The molecule has 0 aliphatic rings. The second-order valence-electron chi connectivity index (χ2n) is 3.32. The average molecular weight is 268 g/mol. The number of benzene rings is 1. The molecule has 78 valence electrons. The summed E-state index contributed by atoms with van der Waals surface area (Å²) in [6.45, 7) is 3.51. The molecule has 0 atom stereocenters. The van der Waals surface area contributed by atoms with Gasteiger partial charge in [0.15, 0.2) is 17.3 Å². The van der Waals surface area contributed by atoms with E-state index in [4.69, 9.17) is 4.42 Å². The highest BCUT2D eigenvalue weighted by molar-refractivity contribution is 9.10. The quantitative estimate of drug-likeness (QED) is 0.784. The Balaban J connectivity index is 2.70. The molecule has 4 heteroatoms. The number of carbonyl (C=O) groups is 1. The number of nitrogens with zero attached hydrogens (tertiary/aromatic N) is 1. The molecule has 0 spiro atoms. The molecule has 15 heavy (non-hydrogen) atoms. The summed E-state index contributed by atoms with van der Waals surface area (Å²) in [5.74, 6) is 0.713. The molecule has 1 aromatic carbocycles. The normalized spacial score (nSPS) is 10.9. The van der Waals surface area contributed by atoms with E-state index in [1.54, 1.807) is 12.1 Å². The maximum atomic E-state index is 11.2. The molecule has 0 aliphatic carbocycles. The Morgan fingerprint density at radius 3 is 2.87 bits per heavy atom. The van der Waals surface area contributed by atoms with Crippen molar-refractivity contribution in [1.82, 2.24) is 4.98 Å². The van der Waals surface area contributed by atoms with Gasteiger partial charge in [-0.2, -0.15) is 0 Å². The summed E-state index contributed by atoms with van der Waals surface area (Å²) in [5, 5.41) is 0. The van der Waals surface area contributed by atoms with Gasteiger partial charge >= 0.3 is 0 Å². The van der Waals surface area contributed by atoms with Gasteiger partial charge in [0.2, 0.25) is 0 Å². The van der Waals surface area contributed by atoms with Crippen LogP contribution in [0, 0.1) is 0 Å². The van der Waals surface area contributed by atoms with Crippen LogP contribution in [0.3, 0.4) is 0 Å². The minimum atomic E-state index is 0.0265. The number of aromatic nitrogens is 1. The zero-order valence-electron chi connectivity index (χ0n) is 8.50. The summed E-state index contributed by atoms with van der Waals surface area (Å²) >= 11 is 3.37. The predicted molar refractivity (Wildman–Crippen MR) is 61.1 cm³/mol. The van der Waals surface area contributed by atoms with Gasteiger partial charge in [-0.05, 0) is 35.0 Å². The fraction of sp³-hybridized carbons (Fsp3) is 0.273. The molecular weight excluding hydrogens is 258 g/mol. The van der Waals surface area contributed by atoms with Gasteiger partial charge < -0.3 is 4.42 Å². The molecular formula is C11H10BrNO2. The van der Waals surface area contributed by atoms with Crippen LogP contribution in [0.1, 0.15) is 30.1 Å². The van der Waals surface area contributed by atoms with E-state index in [0.717, 1.165) is 16.4 Å². The van der Waals surface area contributed by atoms with Gasteiger partial charge in [0.1, 0.15) is 5.52 Å². The lowest BCUT2D eigenvalue weighted by atomic mass is 10.1. The Bertz CT molecular complexity index is 531. The van der Waals surface area contributed by atoms with Crippen LogP contribution in [-0.2, 0) is 6.42 Å². The van der Waals surface area contributed by atoms with Crippen molar-refractivity contribution >= 4 is 32.8 Å².